The van der Waals surface area contributed by atoms with Crippen molar-refractivity contribution in [1.82, 2.24) is 4.98 Å². The minimum atomic E-state index is -0.375. The normalized spacial score (nSPS) is 12.5. The molecule has 0 fully saturated rings. The molecule has 0 radical (unpaired) electrons. The number of anilines is 2. The Morgan fingerprint density at radius 1 is 1.62 bits per heavy atom. The number of rotatable bonds is 3. The van der Waals surface area contributed by atoms with Gasteiger partial charge in [-0.1, -0.05) is 0 Å². The number of hydrogen-bond donors (Lipinski definition) is 3. The van der Waals surface area contributed by atoms with E-state index in [4.69, 9.17) is 10.8 Å². The zero-order valence-electron chi connectivity index (χ0n) is 7.91. The van der Waals surface area contributed by atoms with Gasteiger partial charge in [-0.2, -0.15) is 0 Å². The molecule has 1 unspecified atom stereocenters. The quantitative estimate of drug-likeness (QED) is 0.644. The van der Waals surface area contributed by atoms with Crippen molar-refractivity contribution >= 4 is 11.5 Å². The Bertz CT molecular complexity index is 286. The highest BCUT2D eigenvalue weighted by molar-refractivity contribution is 5.48. The molecule has 72 valence electrons. The first-order chi connectivity index (χ1) is 6.09. The molecule has 0 aromatic carbocycles. The first-order valence-corrected chi connectivity index (χ1v) is 4.24. The van der Waals surface area contributed by atoms with Crippen molar-refractivity contribution in [2.24, 2.45) is 0 Å². The molecule has 4 N–H and O–H groups in total. The number of aryl methyl sites for hydroxylation is 1. The highest BCUT2D eigenvalue weighted by Gasteiger charge is 1.99. The Labute approximate surface area is 77.8 Å². The molecule has 0 saturated carbocycles. The van der Waals surface area contributed by atoms with Crippen LogP contribution < -0.4 is 11.1 Å². The summed E-state index contributed by atoms with van der Waals surface area (Å²) >= 11 is 0. The molecule has 0 amide bonds. The van der Waals surface area contributed by atoms with Gasteiger partial charge in [0.1, 0.15) is 5.82 Å². The summed E-state index contributed by atoms with van der Waals surface area (Å²) in [6.45, 7) is 4.07. The third-order valence-corrected chi connectivity index (χ3v) is 1.71. The van der Waals surface area contributed by atoms with E-state index in [0.29, 0.717) is 12.2 Å². The van der Waals surface area contributed by atoms with Gasteiger partial charge >= 0.3 is 0 Å². The highest BCUT2D eigenvalue weighted by Crippen LogP contribution is 2.11. The van der Waals surface area contributed by atoms with Gasteiger partial charge in [0, 0.05) is 6.54 Å². The van der Waals surface area contributed by atoms with Crippen LogP contribution in [0.25, 0.3) is 0 Å². The number of nitrogens with one attached hydrogen (secondary N) is 1. The first-order valence-electron chi connectivity index (χ1n) is 4.24. The lowest BCUT2D eigenvalue weighted by Crippen LogP contribution is -2.16. The van der Waals surface area contributed by atoms with Crippen LogP contribution in [0.5, 0.6) is 0 Å². The van der Waals surface area contributed by atoms with Gasteiger partial charge in [-0.25, -0.2) is 4.98 Å². The fraction of sp³-hybridized carbons (Fsp3) is 0.444. The van der Waals surface area contributed by atoms with Crippen LogP contribution in [0.15, 0.2) is 12.1 Å². The monoisotopic (exact) mass is 181 g/mol. The summed E-state index contributed by atoms with van der Waals surface area (Å²) in [7, 11) is 0. The fourth-order valence-corrected chi connectivity index (χ4v) is 0.923. The minimum absolute atomic E-state index is 0.375. The maximum atomic E-state index is 9.02. The topological polar surface area (TPSA) is 71.2 Å². The molecule has 1 heterocycles. The summed E-state index contributed by atoms with van der Waals surface area (Å²) in [5, 5.41) is 12.0. The van der Waals surface area contributed by atoms with E-state index >= 15 is 0 Å². The van der Waals surface area contributed by atoms with E-state index in [-0.39, 0.29) is 6.10 Å². The predicted octanol–water partition coefficient (Wildman–Crippen LogP) is 0.765. The number of nitrogen functional groups attached to an aromatic ring is 1. The van der Waals surface area contributed by atoms with Crippen molar-refractivity contribution < 1.29 is 5.11 Å². The minimum Gasteiger partial charge on any atom is -0.397 e. The molecule has 0 aliphatic carbocycles. The van der Waals surface area contributed by atoms with Gasteiger partial charge in [0.15, 0.2) is 0 Å². The van der Waals surface area contributed by atoms with E-state index in [1.54, 1.807) is 19.1 Å². The first kappa shape index (κ1) is 9.80. The lowest BCUT2D eigenvalue weighted by Gasteiger charge is -2.08. The predicted molar refractivity (Wildman–Crippen MR) is 53.6 cm³/mol. The molecule has 0 bridgehead atoms. The maximum absolute atomic E-state index is 9.02. The second-order valence-electron chi connectivity index (χ2n) is 3.10. The Balaban J connectivity index is 2.63. The second-order valence-corrected chi connectivity index (χ2v) is 3.10. The molecule has 4 nitrogen and oxygen atoms in total. The number of nitrogens with two attached hydrogens (primary N) is 1. The van der Waals surface area contributed by atoms with Crippen LogP contribution in [0.4, 0.5) is 11.5 Å². The summed E-state index contributed by atoms with van der Waals surface area (Å²) in [4.78, 5) is 4.20. The smallest absolute Gasteiger partial charge is 0.126 e. The molecule has 0 spiro atoms. The molecular weight excluding hydrogens is 166 g/mol. The van der Waals surface area contributed by atoms with Crippen LogP contribution >= 0.6 is 0 Å². The van der Waals surface area contributed by atoms with Gasteiger partial charge in [-0.15, -0.1) is 0 Å². The Hall–Kier alpha value is -1.29. The Morgan fingerprint density at radius 3 is 2.85 bits per heavy atom. The number of aliphatic hydroxyl groups is 1. The maximum Gasteiger partial charge on any atom is 0.126 e. The number of aliphatic hydroxyl groups excluding tert-OH is 1. The van der Waals surface area contributed by atoms with E-state index < -0.39 is 0 Å². The standard InChI is InChI=1S/C9H15N3O/c1-6(13)5-11-9-4-3-8(10)7(2)12-9/h3-4,6,13H,5,10H2,1-2H3,(H,11,12). The molecule has 1 aromatic rings. The zero-order chi connectivity index (χ0) is 9.84. The molecule has 4 heteroatoms. The molecule has 0 saturated heterocycles. The van der Waals surface area contributed by atoms with Gasteiger partial charge in [0.05, 0.1) is 17.5 Å². The van der Waals surface area contributed by atoms with Crippen LogP contribution in [0.3, 0.4) is 0 Å². The number of hydrogen-bond acceptors (Lipinski definition) is 4. The van der Waals surface area contributed by atoms with Crippen LogP contribution in [-0.2, 0) is 0 Å². The van der Waals surface area contributed by atoms with Crippen molar-refractivity contribution in [2.75, 3.05) is 17.6 Å². The summed E-state index contributed by atoms with van der Waals surface area (Å²) < 4.78 is 0. The van der Waals surface area contributed by atoms with Crippen molar-refractivity contribution in [2.45, 2.75) is 20.0 Å². The summed E-state index contributed by atoms with van der Waals surface area (Å²) in [5.74, 6) is 0.743. The van der Waals surface area contributed by atoms with E-state index in [9.17, 15) is 0 Å². The van der Waals surface area contributed by atoms with E-state index in [1.807, 2.05) is 6.92 Å². The average Bonchev–Trinajstić information content (AvgIpc) is 2.07. The van der Waals surface area contributed by atoms with Crippen molar-refractivity contribution in [3.05, 3.63) is 17.8 Å². The van der Waals surface area contributed by atoms with Gasteiger partial charge in [-0.3, -0.25) is 0 Å². The summed E-state index contributed by atoms with van der Waals surface area (Å²) in [6, 6.07) is 3.59. The number of nitrogens with zero attached hydrogens (tertiary/aromatic N) is 1. The third kappa shape index (κ3) is 2.91. The molecule has 0 aliphatic heterocycles. The molecule has 13 heavy (non-hydrogen) atoms. The van der Waals surface area contributed by atoms with Gasteiger partial charge in [0.25, 0.3) is 0 Å². The fourth-order valence-electron chi connectivity index (χ4n) is 0.923. The van der Waals surface area contributed by atoms with Crippen LogP contribution in [0.1, 0.15) is 12.6 Å². The second kappa shape index (κ2) is 4.09. The molecule has 1 aromatic heterocycles. The van der Waals surface area contributed by atoms with E-state index in [0.717, 1.165) is 11.5 Å². The van der Waals surface area contributed by atoms with E-state index in [2.05, 4.69) is 10.3 Å². The van der Waals surface area contributed by atoms with Crippen molar-refractivity contribution in [3.63, 3.8) is 0 Å². The summed E-state index contributed by atoms with van der Waals surface area (Å²) in [5.41, 5.74) is 7.09. The Morgan fingerprint density at radius 2 is 2.31 bits per heavy atom. The van der Waals surface area contributed by atoms with Gasteiger partial charge in [-0.05, 0) is 26.0 Å². The van der Waals surface area contributed by atoms with Crippen LogP contribution in [-0.4, -0.2) is 22.7 Å². The largest absolute Gasteiger partial charge is 0.397 e. The number of pyridine rings is 1. The lowest BCUT2D eigenvalue weighted by molar-refractivity contribution is 0.208. The third-order valence-electron chi connectivity index (χ3n) is 1.71. The Kier molecular flexibility index (Phi) is 3.08. The lowest BCUT2D eigenvalue weighted by atomic mass is 10.3. The average molecular weight is 181 g/mol. The molecule has 0 aliphatic rings. The summed E-state index contributed by atoms with van der Waals surface area (Å²) in [6.07, 6.45) is -0.375. The molecule has 1 atom stereocenters. The van der Waals surface area contributed by atoms with Gasteiger partial charge < -0.3 is 16.2 Å². The zero-order valence-corrected chi connectivity index (χ0v) is 7.91. The van der Waals surface area contributed by atoms with Crippen molar-refractivity contribution in [3.8, 4) is 0 Å². The molecule has 1 rings (SSSR count). The van der Waals surface area contributed by atoms with Gasteiger partial charge in [0.2, 0.25) is 0 Å². The van der Waals surface area contributed by atoms with E-state index in [1.165, 1.54) is 0 Å². The van der Waals surface area contributed by atoms with Crippen LogP contribution in [0, 0.1) is 6.92 Å². The van der Waals surface area contributed by atoms with Crippen LogP contribution in [0.2, 0.25) is 0 Å². The van der Waals surface area contributed by atoms with Crippen molar-refractivity contribution in [1.29, 1.82) is 0 Å². The highest BCUT2D eigenvalue weighted by atomic mass is 16.3. The molecular formula is C9H15N3O. The number of aromatic nitrogens is 1. The SMILES string of the molecule is Cc1nc(NCC(C)O)ccc1N.